The Morgan fingerprint density at radius 1 is 1.00 bits per heavy atom. The molecular weight excluding hydrogens is 299 g/mol. The van der Waals surface area contributed by atoms with Crippen LogP contribution in [0.2, 0.25) is 0 Å². The molecule has 4 rings (SSSR count). The van der Waals surface area contributed by atoms with Gasteiger partial charge in [-0.3, -0.25) is 0 Å². The molecule has 0 saturated heterocycles. The zero-order chi connectivity index (χ0) is 16.7. The highest BCUT2D eigenvalue weighted by atomic mass is 19.1. The summed E-state index contributed by atoms with van der Waals surface area (Å²) in [5.41, 5.74) is 3.33. The van der Waals surface area contributed by atoms with Crippen LogP contribution in [0.5, 0.6) is 0 Å². The number of ether oxygens (including phenoxy) is 1. The summed E-state index contributed by atoms with van der Waals surface area (Å²) < 4.78 is 20.8. The van der Waals surface area contributed by atoms with Gasteiger partial charge in [-0.05, 0) is 98.1 Å². The number of halogens is 1. The number of rotatable bonds is 2. The Morgan fingerprint density at radius 2 is 1.79 bits per heavy atom. The number of methoxy groups -OCH3 is 1. The van der Waals surface area contributed by atoms with Gasteiger partial charge in [0.05, 0.1) is 6.10 Å². The molecule has 0 amide bonds. The van der Waals surface area contributed by atoms with Crippen molar-refractivity contribution in [3.8, 4) is 0 Å². The molecule has 0 bridgehead atoms. The molecule has 3 aliphatic carbocycles. The van der Waals surface area contributed by atoms with Crippen molar-refractivity contribution in [2.24, 2.45) is 17.8 Å². The standard InChI is InChI=1S/C22H31FO/c1-14-3-9-20-17(11-14)7-10-21(22(20)23)18-5-4-16-13-19(24-2)8-6-15(16)12-18/h7,10,14-16,18-19H,3-6,8-9,11-13H2,1-2H3. The minimum Gasteiger partial charge on any atom is -0.381 e. The van der Waals surface area contributed by atoms with Crippen molar-refractivity contribution >= 4 is 0 Å². The normalized spacial score (nSPS) is 36.0. The van der Waals surface area contributed by atoms with E-state index in [0.717, 1.165) is 48.6 Å². The molecule has 1 aromatic rings. The van der Waals surface area contributed by atoms with Crippen LogP contribution in [0.1, 0.15) is 74.5 Å². The van der Waals surface area contributed by atoms with Crippen molar-refractivity contribution in [3.63, 3.8) is 0 Å². The fraction of sp³-hybridized carbons (Fsp3) is 0.727. The maximum absolute atomic E-state index is 15.2. The molecule has 1 nitrogen and oxygen atoms in total. The Morgan fingerprint density at radius 3 is 2.62 bits per heavy atom. The second-order valence-corrected chi connectivity index (χ2v) is 8.66. The Hall–Kier alpha value is -0.890. The van der Waals surface area contributed by atoms with Gasteiger partial charge in [0, 0.05) is 7.11 Å². The van der Waals surface area contributed by atoms with Gasteiger partial charge in [0.25, 0.3) is 0 Å². The van der Waals surface area contributed by atoms with Crippen LogP contribution < -0.4 is 0 Å². The predicted octanol–water partition coefficient (Wildman–Crippen LogP) is 5.65. The van der Waals surface area contributed by atoms with E-state index in [1.807, 2.05) is 7.11 Å². The van der Waals surface area contributed by atoms with E-state index >= 15 is 4.39 Å². The first-order valence-corrected chi connectivity index (χ1v) is 9.98. The van der Waals surface area contributed by atoms with Crippen molar-refractivity contribution < 1.29 is 9.13 Å². The molecule has 5 unspecified atom stereocenters. The molecule has 0 N–H and O–H groups in total. The molecule has 0 aromatic heterocycles. The first-order chi connectivity index (χ1) is 11.7. The van der Waals surface area contributed by atoms with Crippen LogP contribution in [0.3, 0.4) is 0 Å². The minimum absolute atomic E-state index is 0.147. The van der Waals surface area contributed by atoms with Gasteiger partial charge in [-0.25, -0.2) is 4.39 Å². The smallest absolute Gasteiger partial charge is 0.130 e. The molecule has 1 aromatic carbocycles. The summed E-state index contributed by atoms with van der Waals surface area (Å²) in [5.74, 6) is 2.88. The Bertz CT molecular complexity index is 596. The Kier molecular flexibility index (Phi) is 4.68. The highest BCUT2D eigenvalue weighted by molar-refractivity contribution is 5.38. The van der Waals surface area contributed by atoms with E-state index in [1.165, 1.54) is 37.7 Å². The van der Waals surface area contributed by atoms with Gasteiger partial charge >= 0.3 is 0 Å². The van der Waals surface area contributed by atoms with Crippen LogP contribution in [-0.4, -0.2) is 13.2 Å². The third kappa shape index (κ3) is 3.03. The van der Waals surface area contributed by atoms with Gasteiger partial charge in [0.2, 0.25) is 0 Å². The van der Waals surface area contributed by atoms with Gasteiger partial charge in [0.1, 0.15) is 5.82 Å². The lowest BCUT2D eigenvalue weighted by atomic mass is 9.65. The maximum atomic E-state index is 15.2. The van der Waals surface area contributed by atoms with Crippen molar-refractivity contribution in [2.45, 2.75) is 76.7 Å². The first kappa shape index (κ1) is 16.6. The van der Waals surface area contributed by atoms with Crippen molar-refractivity contribution in [3.05, 3.63) is 34.6 Å². The van der Waals surface area contributed by atoms with Crippen LogP contribution >= 0.6 is 0 Å². The summed E-state index contributed by atoms with van der Waals surface area (Å²) in [4.78, 5) is 0. The van der Waals surface area contributed by atoms with E-state index in [0.29, 0.717) is 17.9 Å². The van der Waals surface area contributed by atoms with Gasteiger partial charge in [-0.15, -0.1) is 0 Å². The number of hydrogen-bond donors (Lipinski definition) is 0. The second kappa shape index (κ2) is 6.78. The van der Waals surface area contributed by atoms with Crippen LogP contribution in [-0.2, 0) is 17.6 Å². The van der Waals surface area contributed by atoms with Gasteiger partial charge in [-0.2, -0.15) is 0 Å². The van der Waals surface area contributed by atoms with E-state index in [-0.39, 0.29) is 5.82 Å². The predicted molar refractivity (Wildman–Crippen MR) is 95.8 cm³/mol. The van der Waals surface area contributed by atoms with Crippen LogP contribution in [0, 0.1) is 23.6 Å². The van der Waals surface area contributed by atoms with Crippen molar-refractivity contribution in [1.29, 1.82) is 0 Å². The molecule has 0 radical (unpaired) electrons. The zero-order valence-electron chi connectivity index (χ0n) is 15.2. The van der Waals surface area contributed by atoms with Gasteiger partial charge < -0.3 is 4.74 Å². The SMILES string of the molecule is COC1CCC2CC(c3ccc4c(c3F)CCC(C)C4)CCC2C1. The lowest BCUT2D eigenvalue weighted by Gasteiger charge is -2.42. The van der Waals surface area contributed by atoms with Gasteiger partial charge in [-0.1, -0.05) is 19.1 Å². The van der Waals surface area contributed by atoms with Gasteiger partial charge in [0.15, 0.2) is 0 Å². The quantitative estimate of drug-likeness (QED) is 0.681. The number of fused-ring (bicyclic) bond motifs is 2. The van der Waals surface area contributed by atoms with E-state index in [2.05, 4.69) is 19.1 Å². The average Bonchev–Trinajstić information content (AvgIpc) is 2.61. The van der Waals surface area contributed by atoms with Crippen LogP contribution in [0.25, 0.3) is 0 Å². The molecule has 0 spiro atoms. The molecule has 2 heteroatoms. The van der Waals surface area contributed by atoms with Crippen LogP contribution in [0.4, 0.5) is 4.39 Å². The van der Waals surface area contributed by atoms with E-state index in [1.54, 1.807) is 0 Å². The van der Waals surface area contributed by atoms with E-state index in [4.69, 9.17) is 4.74 Å². The fourth-order valence-electron chi connectivity index (χ4n) is 5.67. The monoisotopic (exact) mass is 330 g/mol. The molecule has 0 heterocycles. The average molecular weight is 330 g/mol. The topological polar surface area (TPSA) is 9.23 Å². The molecular formula is C22H31FO. The lowest BCUT2D eigenvalue weighted by Crippen LogP contribution is -2.33. The summed E-state index contributed by atoms with van der Waals surface area (Å²) >= 11 is 0. The summed E-state index contributed by atoms with van der Waals surface area (Å²) in [6, 6.07) is 4.36. The zero-order valence-corrected chi connectivity index (χ0v) is 15.2. The summed E-state index contributed by atoms with van der Waals surface area (Å²) in [5, 5.41) is 0. The summed E-state index contributed by atoms with van der Waals surface area (Å²) in [7, 11) is 1.85. The number of benzene rings is 1. The second-order valence-electron chi connectivity index (χ2n) is 8.66. The maximum Gasteiger partial charge on any atom is 0.130 e. The largest absolute Gasteiger partial charge is 0.381 e. The molecule has 3 aliphatic rings. The molecule has 24 heavy (non-hydrogen) atoms. The summed E-state index contributed by atoms with van der Waals surface area (Å²) in [6.07, 6.45) is 10.9. The van der Waals surface area contributed by atoms with Crippen LogP contribution in [0.15, 0.2) is 12.1 Å². The minimum atomic E-state index is 0.147. The first-order valence-electron chi connectivity index (χ1n) is 9.98. The molecule has 0 aliphatic heterocycles. The third-order valence-corrected chi connectivity index (χ3v) is 7.16. The van der Waals surface area contributed by atoms with Crippen molar-refractivity contribution in [1.82, 2.24) is 0 Å². The number of hydrogen-bond acceptors (Lipinski definition) is 1. The third-order valence-electron chi connectivity index (χ3n) is 7.16. The Labute approximate surface area is 146 Å². The lowest BCUT2D eigenvalue weighted by molar-refractivity contribution is 0.0121. The molecule has 132 valence electrons. The van der Waals surface area contributed by atoms with E-state index in [9.17, 15) is 0 Å². The highest BCUT2D eigenvalue weighted by Gasteiger charge is 2.37. The molecule has 5 atom stereocenters. The molecule has 2 fully saturated rings. The van der Waals surface area contributed by atoms with E-state index < -0.39 is 0 Å². The summed E-state index contributed by atoms with van der Waals surface area (Å²) in [6.45, 7) is 2.28. The molecule has 2 saturated carbocycles. The highest BCUT2D eigenvalue weighted by Crippen LogP contribution is 2.47. The fourth-order valence-corrected chi connectivity index (χ4v) is 5.67. The van der Waals surface area contributed by atoms with Crippen molar-refractivity contribution in [2.75, 3.05) is 7.11 Å². The Balaban J connectivity index is 1.51.